The van der Waals surface area contributed by atoms with E-state index in [-0.39, 0.29) is 28.2 Å². The Kier molecular flexibility index (Phi) is 7.00. The first-order valence-electron chi connectivity index (χ1n) is 5.21. The zero-order valence-corrected chi connectivity index (χ0v) is 12.8. The number of hydrogen-bond acceptors (Lipinski definition) is 3. The average molecular weight is 337 g/mol. The molecule has 0 aliphatic rings. The first kappa shape index (κ1) is 17.0. The number of hydrogen-bond donors (Lipinski definition) is 2. The molecule has 0 aliphatic carbocycles. The standard InChI is InChI=1S/C10H16N4O2S.BrH/c1-7-6-8(15)13(2)10(16)14(7)4-3-5-17-9(11)12;/h6H,3-5H2,1-2H3,(H3,11,12);1H. The van der Waals surface area contributed by atoms with Crippen molar-refractivity contribution in [3.05, 3.63) is 32.6 Å². The highest BCUT2D eigenvalue weighted by Gasteiger charge is 2.05. The molecule has 0 unspecified atom stereocenters. The van der Waals surface area contributed by atoms with Gasteiger partial charge in [0.2, 0.25) is 0 Å². The van der Waals surface area contributed by atoms with Gasteiger partial charge in [0.15, 0.2) is 0 Å². The van der Waals surface area contributed by atoms with Gasteiger partial charge in [0.1, 0.15) is 0 Å². The van der Waals surface area contributed by atoms with E-state index in [0.29, 0.717) is 17.4 Å². The van der Waals surface area contributed by atoms with Crippen LogP contribution in [0, 0.1) is 6.92 Å². The molecule has 6 nitrogen and oxygen atoms in total. The molecule has 1 aromatic heterocycles. The van der Waals surface area contributed by atoms with Crippen LogP contribution in [0.4, 0.5) is 0 Å². The van der Waals surface area contributed by atoms with Crippen LogP contribution in [0.1, 0.15) is 12.1 Å². The molecule has 0 spiro atoms. The van der Waals surface area contributed by atoms with Gasteiger partial charge in [0, 0.05) is 31.1 Å². The predicted octanol–water partition coefficient (Wildman–Crippen LogP) is -4.94. The molecule has 18 heavy (non-hydrogen) atoms. The molecule has 0 bridgehead atoms. The lowest BCUT2D eigenvalue weighted by Crippen LogP contribution is -3.00. The van der Waals surface area contributed by atoms with Gasteiger partial charge in [-0.25, -0.2) is 4.79 Å². The molecular weight excluding hydrogens is 320 g/mol. The van der Waals surface area contributed by atoms with Crippen LogP contribution in [0.2, 0.25) is 0 Å². The molecule has 1 heterocycles. The van der Waals surface area contributed by atoms with Crippen molar-refractivity contribution in [1.29, 1.82) is 0 Å². The first-order valence-corrected chi connectivity index (χ1v) is 6.20. The lowest BCUT2D eigenvalue weighted by atomic mass is 10.4. The first-order chi connectivity index (χ1) is 7.93. The largest absolute Gasteiger partial charge is 1.00 e. The van der Waals surface area contributed by atoms with Gasteiger partial charge in [-0.15, -0.1) is 0 Å². The van der Waals surface area contributed by atoms with Crippen LogP contribution in [-0.2, 0) is 13.6 Å². The monoisotopic (exact) mass is 336 g/mol. The molecule has 0 saturated carbocycles. The zero-order chi connectivity index (χ0) is 13.0. The van der Waals surface area contributed by atoms with Crippen molar-refractivity contribution in [2.24, 2.45) is 12.8 Å². The fourth-order valence-electron chi connectivity index (χ4n) is 1.46. The highest BCUT2D eigenvalue weighted by molar-refractivity contribution is 8.13. The maximum absolute atomic E-state index is 11.8. The zero-order valence-electron chi connectivity index (χ0n) is 10.4. The van der Waals surface area contributed by atoms with Crippen LogP contribution in [0.3, 0.4) is 0 Å². The van der Waals surface area contributed by atoms with Crippen molar-refractivity contribution in [2.45, 2.75) is 19.9 Å². The molecule has 0 saturated heterocycles. The van der Waals surface area contributed by atoms with E-state index in [0.717, 1.165) is 16.7 Å². The van der Waals surface area contributed by atoms with E-state index < -0.39 is 0 Å². The van der Waals surface area contributed by atoms with Crippen molar-refractivity contribution in [3.63, 3.8) is 0 Å². The molecule has 8 heteroatoms. The minimum atomic E-state index is -0.287. The Bertz CT molecular complexity index is 538. The van der Waals surface area contributed by atoms with Crippen molar-refractivity contribution in [2.75, 3.05) is 5.75 Å². The molecule has 0 aromatic carbocycles. The normalized spacial score (nSPS) is 9.89. The lowest BCUT2D eigenvalue weighted by molar-refractivity contribution is -0.110. The van der Waals surface area contributed by atoms with E-state index in [1.54, 1.807) is 11.5 Å². The molecular formula is C10H17BrN4O2S. The Morgan fingerprint density at radius 2 is 2.11 bits per heavy atom. The van der Waals surface area contributed by atoms with Gasteiger partial charge in [0.25, 0.3) is 10.7 Å². The fourth-order valence-corrected chi connectivity index (χ4v) is 1.97. The van der Waals surface area contributed by atoms with E-state index in [1.165, 1.54) is 24.9 Å². The summed E-state index contributed by atoms with van der Waals surface area (Å²) < 4.78 is 2.68. The van der Waals surface area contributed by atoms with Crippen molar-refractivity contribution < 1.29 is 22.4 Å². The lowest BCUT2D eigenvalue weighted by Gasteiger charge is -2.10. The summed E-state index contributed by atoms with van der Waals surface area (Å²) in [5.41, 5.74) is 5.43. The molecule has 1 aromatic rings. The van der Waals surface area contributed by atoms with Crippen molar-refractivity contribution in [1.82, 2.24) is 9.13 Å². The van der Waals surface area contributed by atoms with Crippen LogP contribution in [0.25, 0.3) is 0 Å². The molecule has 0 aliphatic heterocycles. The van der Waals surface area contributed by atoms with Crippen LogP contribution in [-0.4, -0.2) is 20.1 Å². The number of aryl methyl sites for hydroxylation is 1. The summed E-state index contributed by atoms with van der Waals surface area (Å²) in [7, 11) is 1.47. The van der Waals surface area contributed by atoms with Gasteiger partial charge in [-0.2, -0.15) is 0 Å². The number of nitrogens with zero attached hydrogens (tertiary/aromatic N) is 2. The Morgan fingerprint density at radius 3 is 2.67 bits per heavy atom. The van der Waals surface area contributed by atoms with Gasteiger partial charge in [-0.05, 0) is 25.1 Å². The minimum Gasteiger partial charge on any atom is -1.00 e. The molecule has 0 fully saturated rings. The summed E-state index contributed by atoms with van der Waals surface area (Å²) in [6.07, 6.45) is 0.765. The number of aromatic nitrogens is 2. The van der Waals surface area contributed by atoms with Crippen LogP contribution in [0.15, 0.2) is 15.7 Å². The number of thioether (sulfide) groups is 1. The maximum Gasteiger partial charge on any atom is 0.330 e. The second-order valence-electron chi connectivity index (χ2n) is 3.72. The van der Waals surface area contributed by atoms with E-state index in [4.69, 9.17) is 11.1 Å². The third-order valence-electron chi connectivity index (χ3n) is 2.40. The third-order valence-corrected chi connectivity index (χ3v) is 3.23. The second kappa shape index (κ2) is 7.42. The predicted molar refractivity (Wildman–Crippen MR) is 68.9 cm³/mol. The Balaban J connectivity index is 0.00000289. The van der Waals surface area contributed by atoms with E-state index in [1.807, 2.05) is 0 Å². The number of amidine groups is 1. The smallest absolute Gasteiger partial charge is 0.330 e. The fraction of sp³-hybridized carbons (Fsp3) is 0.500. The Morgan fingerprint density at radius 1 is 1.50 bits per heavy atom. The summed E-state index contributed by atoms with van der Waals surface area (Å²) in [6.45, 7) is 2.30. The average Bonchev–Trinajstić information content (AvgIpc) is 2.24. The number of halogens is 1. The van der Waals surface area contributed by atoms with Crippen molar-refractivity contribution in [3.8, 4) is 0 Å². The molecule has 0 atom stereocenters. The Labute approximate surface area is 119 Å². The van der Waals surface area contributed by atoms with Gasteiger partial charge >= 0.3 is 5.69 Å². The van der Waals surface area contributed by atoms with Gasteiger partial charge in [-0.3, -0.25) is 25.1 Å². The summed E-state index contributed by atoms with van der Waals surface area (Å²) in [6, 6.07) is 1.46. The highest BCUT2D eigenvalue weighted by Crippen LogP contribution is 2.01. The highest BCUT2D eigenvalue weighted by atomic mass is 79.9. The summed E-state index contributed by atoms with van der Waals surface area (Å²) >= 11 is 1.36. The summed E-state index contributed by atoms with van der Waals surface area (Å²) in [5.74, 6) is 0.747. The maximum atomic E-state index is 11.8. The van der Waals surface area contributed by atoms with Crippen molar-refractivity contribution >= 4 is 16.9 Å². The second-order valence-corrected chi connectivity index (χ2v) is 4.89. The van der Waals surface area contributed by atoms with Crippen LogP contribution in [0.5, 0.6) is 0 Å². The molecule has 4 N–H and O–H groups in total. The molecule has 0 amide bonds. The molecule has 0 radical (unpaired) electrons. The van der Waals surface area contributed by atoms with Gasteiger partial charge in [-0.1, -0.05) is 0 Å². The quantitative estimate of drug-likeness (QED) is 0.327. The van der Waals surface area contributed by atoms with E-state index in [2.05, 4.69) is 0 Å². The summed E-state index contributed by atoms with van der Waals surface area (Å²) in [5, 5.41) is 5.65. The number of nitrogens with two attached hydrogens (primary N) is 2. The van der Waals surface area contributed by atoms with Gasteiger partial charge in [0.05, 0.1) is 0 Å². The Hall–Kier alpha value is -1.02. The number of rotatable bonds is 4. The molecule has 102 valence electrons. The van der Waals surface area contributed by atoms with Gasteiger partial charge < -0.3 is 17.0 Å². The van der Waals surface area contributed by atoms with E-state index >= 15 is 0 Å². The summed E-state index contributed by atoms with van der Waals surface area (Å²) in [4.78, 5) is 23.1. The van der Waals surface area contributed by atoms with Crippen LogP contribution < -0.4 is 39.4 Å². The van der Waals surface area contributed by atoms with Crippen LogP contribution >= 0.6 is 11.8 Å². The third kappa shape index (κ3) is 4.34. The minimum absolute atomic E-state index is 0. The molecule has 1 rings (SSSR count). The van der Waals surface area contributed by atoms with E-state index in [9.17, 15) is 9.59 Å². The topological polar surface area (TPSA) is 95.6 Å². The SMILES string of the molecule is Cc1cc(=O)n(C)c(=O)n1CCCSC(N)=[NH2+].[Br-].